The molecule has 0 bridgehead atoms. The first kappa shape index (κ1) is 18.3. The molecule has 24 heavy (non-hydrogen) atoms. The zero-order valence-electron chi connectivity index (χ0n) is 13.6. The molecule has 1 N–H and O–H groups in total. The maximum Gasteiger partial charge on any atom is 0.451 e. The Morgan fingerprint density at radius 2 is 1.83 bits per heavy atom. The number of halogens is 3. The molecule has 0 aliphatic heterocycles. The summed E-state index contributed by atoms with van der Waals surface area (Å²) in [6.07, 6.45) is -4.58. The summed E-state index contributed by atoms with van der Waals surface area (Å²) >= 11 is 0.924. The fraction of sp³-hybridized carbons (Fsp3) is 0.400. The lowest BCUT2D eigenvalue weighted by Gasteiger charge is -2.15. The Morgan fingerprint density at radius 3 is 2.33 bits per heavy atom. The highest BCUT2D eigenvalue weighted by Crippen LogP contribution is 2.31. The van der Waals surface area contributed by atoms with Crippen molar-refractivity contribution in [3.05, 3.63) is 35.2 Å². The molecule has 0 spiro atoms. The van der Waals surface area contributed by atoms with Gasteiger partial charge in [0.05, 0.1) is 5.25 Å². The van der Waals surface area contributed by atoms with Crippen LogP contribution in [0, 0.1) is 13.8 Å². The van der Waals surface area contributed by atoms with E-state index < -0.39 is 17.3 Å². The number of nitrogens with zero attached hydrogens (tertiary/aromatic N) is 3. The second-order valence-electron chi connectivity index (χ2n) is 5.38. The molecule has 1 aromatic carbocycles. The number of carbonyl (C=O) groups excluding carboxylic acids is 1. The average Bonchev–Trinajstić information content (AvgIpc) is 2.84. The van der Waals surface area contributed by atoms with Crippen molar-refractivity contribution < 1.29 is 18.0 Å². The number of aromatic nitrogens is 3. The van der Waals surface area contributed by atoms with Gasteiger partial charge < -0.3 is 9.88 Å². The van der Waals surface area contributed by atoms with Gasteiger partial charge in [0, 0.05) is 12.7 Å². The maximum atomic E-state index is 12.7. The minimum Gasteiger partial charge on any atom is -0.325 e. The summed E-state index contributed by atoms with van der Waals surface area (Å²) in [5, 5.41) is 8.89. The summed E-state index contributed by atoms with van der Waals surface area (Å²) in [5.41, 5.74) is 2.54. The first-order chi connectivity index (χ1) is 11.1. The summed E-state index contributed by atoms with van der Waals surface area (Å²) in [6.45, 7) is 5.35. The van der Waals surface area contributed by atoms with E-state index in [-0.39, 0.29) is 11.1 Å². The van der Waals surface area contributed by atoms with Gasteiger partial charge in [-0.2, -0.15) is 13.2 Å². The molecule has 1 amide bonds. The molecular formula is C15H17F3N4OS. The molecule has 0 radical (unpaired) electrons. The van der Waals surface area contributed by atoms with E-state index in [1.807, 2.05) is 32.0 Å². The third kappa shape index (κ3) is 3.89. The fourth-order valence-electron chi connectivity index (χ4n) is 2.11. The van der Waals surface area contributed by atoms with Crippen LogP contribution in [0.5, 0.6) is 0 Å². The highest BCUT2D eigenvalue weighted by molar-refractivity contribution is 8.00. The van der Waals surface area contributed by atoms with Gasteiger partial charge in [-0.1, -0.05) is 30.0 Å². The number of amides is 1. The molecule has 0 saturated carbocycles. The number of rotatable bonds is 4. The van der Waals surface area contributed by atoms with Gasteiger partial charge in [0.1, 0.15) is 0 Å². The van der Waals surface area contributed by atoms with Crippen LogP contribution in [0.3, 0.4) is 0 Å². The molecule has 1 atom stereocenters. The second kappa shape index (κ2) is 6.84. The van der Waals surface area contributed by atoms with Gasteiger partial charge in [0.25, 0.3) is 0 Å². The SMILES string of the molecule is Cc1cccc(C)c1NC(=O)[C@H](C)Sc1nnc(C(F)(F)F)n1C. The van der Waals surface area contributed by atoms with Gasteiger partial charge in [-0.25, -0.2) is 0 Å². The normalized spacial score (nSPS) is 13.0. The van der Waals surface area contributed by atoms with Crippen LogP contribution in [0.15, 0.2) is 23.4 Å². The fourth-order valence-corrected chi connectivity index (χ4v) is 2.93. The lowest BCUT2D eigenvalue weighted by Crippen LogP contribution is -2.24. The molecule has 2 rings (SSSR count). The number of carbonyl (C=O) groups is 1. The molecule has 0 aliphatic carbocycles. The Bertz CT molecular complexity index is 737. The number of hydrogen-bond acceptors (Lipinski definition) is 4. The van der Waals surface area contributed by atoms with Gasteiger partial charge in [0.2, 0.25) is 11.7 Å². The van der Waals surface area contributed by atoms with E-state index in [1.165, 1.54) is 7.05 Å². The van der Waals surface area contributed by atoms with Gasteiger partial charge in [-0.15, -0.1) is 10.2 Å². The zero-order valence-corrected chi connectivity index (χ0v) is 14.4. The van der Waals surface area contributed by atoms with E-state index in [2.05, 4.69) is 15.5 Å². The number of para-hydroxylation sites is 1. The third-order valence-corrected chi connectivity index (χ3v) is 4.60. The van der Waals surface area contributed by atoms with E-state index in [0.717, 1.165) is 27.5 Å². The first-order valence-electron chi connectivity index (χ1n) is 7.11. The van der Waals surface area contributed by atoms with Crippen LogP contribution < -0.4 is 5.32 Å². The number of nitrogens with one attached hydrogen (secondary N) is 1. The Hall–Kier alpha value is -2.03. The molecule has 130 valence electrons. The van der Waals surface area contributed by atoms with Gasteiger partial charge in [0.15, 0.2) is 5.16 Å². The predicted octanol–water partition coefficient (Wildman–Crippen LogP) is 3.57. The minimum absolute atomic E-state index is 0.0338. The van der Waals surface area contributed by atoms with Crippen molar-refractivity contribution in [1.82, 2.24) is 14.8 Å². The molecular weight excluding hydrogens is 341 g/mol. The van der Waals surface area contributed by atoms with Gasteiger partial charge in [-0.3, -0.25) is 4.79 Å². The van der Waals surface area contributed by atoms with Crippen LogP contribution in [-0.2, 0) is 18.0 Å². The van der Waals surface area contributed by atoms with Gasteiger partial charge >= 0.3 is 6.18 Å². The average molecular weight is 358 g/mol. The van der Waals surface area contributed by atoms with Crippen molar-refractivity contribution in [3.8, 4) is 0 Å². The standard InChI is InChI=1S/C15H17F3N4OS/c1-8-6-5-7-9(2)11(8)19-12(23)10(3)24-14-21-20-13(22(14)4)15(16,17)18/h5-7,10H,1-4H3,(H,19,23)/t10-/m0/s1. The molecule has 1 aromatic heterocycles. The van der Waals surface area contributed by atoms with Crippen molar-refractivity contribution in [1.29, 1.82) is 0 Å². The van der Waals surface area contributed by atoms with E-state index in [9.17, 15) is 18.0 Å². The van der Waals surface area contributed by atoms with Crippen LogP contribution in [0.2, 0.25) is 0 Å². The predicted molar refractivity (Wildman–Crippen MR) is 85.9 cm³/mol. The zero-order chi connectivity index (χ0) is 18.1. The molecule has 0 aliphatic rings. The van der Waals surface area contributed by atoms with Crippen molar-refractivity contribution in [2.75, 3.05) is 5.32 Å². The summed E-state index contributed by atoms with van der Waals surface area (Å²) in [7, 11) is 1.22. The van der Waals surface area contributed by atoms with Crippen molar-refractivity contribution >= 4 is 23.4 Å². The van der Waals surface area contributed by atoms with Crippen LogP contribution in [0.25, 0.3) is 0 Å². The molecule has 9 heteroatoms. The van der Waals surface area contributed by atoms with Crippen LogP contribution in [0.4, 0.5) is 18.9 Å². The quantitative estimate of drug-likeness (QED) is 0.849. The Labute approximate surface area is 141 Å². The molecule has 0 fully saturated rings. The summed E-state index contributed by atoms with van der Waals surface area (Å²) < 4.78 is 39.0. The molecule has 2 aromatic rings. The lowest BCUT2D eigenvalue weighted by molar-refractivity contribution is -0.147. The highest BCUT2D eigenvalue weighted by Gasteiger charge is 2.37. The molecule has 5 nitrogen and oxygen atoms in total. The maximum absolute atomic E-state index is 12.7. The first-order valence-corrected chi connectivity index (χ1v) is 7.99. The van der Waals surface area contributed by atoms with Crippen molar-refractivity contribution in [2.24, 2.45) is 7.05 Å². The number of thioether (sulfide) groups is 1. The highest BCUT2D eigenvalue weighted by atomic mass is 32.2. The van der Waals surface area contributed by atoms with Crippen LogP contribution >= 0.6 is 11.8 Å². The monoisotopic (exact) mass is 358 g/mol. The van der Waals surface area contributed by atoms with E-state index in [1.54, 1.807) is 6.92 Å². The topological polar surface area (TPSA) is 59.8 Å². The lowest BCUT2D eigenvalue weighted by atomic mass is 10.1. The Morgan fingerprint density at radius 1 is 1.25 bits per heavy atom. The van der Waals surface area contributed by atoms with Crippen LogP contribution in [-0.4, -0.2) is 25.9 Å². The summed E-state index contributed by atoms with van der Waals surface area (Å²) in [6, 6.07) is 5.63. The van der Waals surface area contributed by atoms with Crippen LogP contribution in [0.1, 0.15) is 23.9 Å². The Kier molecular flexibility index (Phi) is 5.22. The summed E-state index contributed by atoms with van der Waals surface area (Å²) in [4.78, 5) is 12.3. The molecule has 0 unspecified atom stereocenters. The van der Waals surface area contributed by atoms with E-state index in [0.29, 0.717) is 5.69 Å². The van der Waals surface area contributed by atoms with E-state index in [4.69, 9.17) is 0 Å². The number of benzene rings is 1. The number of aryl methyl sites for hydroxylation is 2. The van der Waals surface area contributed by atoms with E-state index >= 15 is 0 Å². The number of alkyl halides is 3. The molecule has 0 saturated heterocycles. The largest absolute Gasteiger partial charge is 0.451 e. The smallest absolute Gasteiger partial charge is 0.325 e. The Balaban J connectivity index is 2.11. The van der Waals surface area contributed by atoms with Crippen molar-refractivity contribution in [2.45, 2.75) is 37.4 Å². The minimum atomic E-state index is -4.58. The second-order valence-corrected chi connectivity index (χ2v) is 6.69. The summed E-state index contributed by atoms with van der Waals surface area (Å²) in [5.74, 6) is -1.40. The molecule has 1 heterocycles. The number of hydrogen-bond donors (Lipinski definition) is 1. The van der Waals surface area contributed by atoms with Gasteiger partial charge in [-0.05, 0) is 31.9 Å². The third-order valence-electron chi connectivity index (χ3n) is 3.47. The number of anilines is 1. The van der Waals surface area contributed by atoms with Crippen molar-refractivity contribution in [3.63, 3.8) is 0 Å².